The minimum absolute atomic E-state index is 0.119. The van der Waals surface area contributed by atoms with E-state index in [-0.39, 0.29) is 12.1 Å². The average molecular weight is 312 g/mol. The van der Waals surface area contributed by atoms with Gasteiger partial charge in [-0.1, -0.05) is 48.0 Å². The molecule has 0 spiro atoms. The molecule has 2 aromatic rings. The van der Waals surface area contributed by atoms with Crippen molar-refractivity contribution >= 4 is 28.2 Å². The zero-order chi connectivity index (χ0) is 16.1. The highest BCUT2D eigenvalue weighted by atomic mass is 16.4. The fourth-order valence-electron chi connectivity index (χ4n) is 2.91. The van der Waals surface area contributed by atoms with E-state index < -0.39 is 0 Å². The zero-order valence-electron chi connectivity index (χ0n) is 12.7. The molecule has 1 aliphatic carbocycles. The van der Waals surface area contributed by atoms with Crippen molar-refractivity contribution in [3.05, 3.63) is 42.5 Å². The van der Waals surface area contributed by atoms with Crippen LogP contribution in [0, 0.1) is 0 Å². The molecule has 1 saturated carbocycles. The van der Waals surface area contributed by atoms with Gasteiger partial charge >= 0.3 is 6.03 Å². The predicted molar refractivity (Wildman–Crippen MR) is 90.7 cm³/mol. The van der Waals surface area contributed by atoms with E-state index in [1.807, 2.05) is 42.5 Å². The van der Waals surface area contributed by atoms with Crippen LogP contribution in [0.25, 0.3) is 10.8 Å². The molecule has 6 nitrogen and oxygen atoms in total. The van der Waals surface area contributed by atoms with Gasteiger partial charge in [0, 0.05) is 5.39 Å². The molecule has 2 aromatic carbocycles. The number of nitrogens with zero attached hydrogens (tertiary/aromatic N) is 1. The molecule has 4 N–H and O–H groups in total. The first-order valence-electron chi connectivity index (χ1n) is 7.79. The maximum absolute atomic E-state index is 12.1. The number of hydrogen-bond acceptors (Lipinski definition) is 4. The summed E-state index contributed by atoms with van der Waals surface area (Å²) >= 11 is 0. The lowest BCUT2D eigenvalue weighted by atomic mass is 9.94. The van der Waals surface area contributed by atoms with E-state index in [1.165, 1.54) is 0 Å². The fraction of sp³-hybridized carbons (Fsp3) is 0.294. The van der Waals surface area contributed by atoms with Crippen molar-refractivity contribution < 1.29 is 10.0 Å². The second-order valence-electron chi connectivity index (χ2n) is 5.64. The Kier molecular flexibility index (Phi) is 4.73. The van der Waals surface area contributed by atoms with Crippen LogP contribution in [0.1, 0.15) is 25.7 Å². The second kappa shape index (κ2) is 7.11. The minimum Gasteiger partial charge on any atom is -0.411 e. The first-order valence-corrected chi connectivity index (χ1v) is 7.79. The number of hydrazine groups is 1. The third-order valence-electron chi connectivity index (χ3n) is 4.10. The molecule has 3 rings (SSSR count). The number of hydrogen-bond donors (Lipinski definition) is 4. The van der Waals surface area contributed by atoms with Crippen molar-refractivity contribution in [1.82, 2.24) is 10.9 Å². The Bertz CT molecular complexity index is 724. The Morgan fingerprint density at radius 2 is 1.96 bits per heavy atom. The van der Waals surface area contributed by atoms with Crippen LogP contribution in [0.3, 0.4) is 0 Å². The Hall–Kier alpha value is -2.60. The van der Waals surface area contributed by atoms with Gasteiger partial charge in [-0.05, 0) is 30.7 Å². The molecule has 23 heavy (non-hydrogen) atoms. The fourth-order valence-corrected chi connectivity index (χ4v) is 2.91. The zero-order valence-corrected chi connectivity index (χ0v) is 12.7. The molecular formula is C17H20N4O2. The topological polar surface area (TPSA) is 85.8 Å². The smallest absolute Gasteiger partial charge is 0.333 e. The third kappa shape index (κ3) is 3.60. The van der Waals surface area contributed by atoms with E-state index in [9.17, 15) is 4.79 Å². The molecule has 1 fully saturated rings. The van der Waals surface area contributed by atoms with Gasteiger partial charge in [-0.3, -0.25) is 5.43 Å². The number of nitrogens with one attached hydrogen (secondary N) is 3. The van der Waals surface area contributed by atoms with E-state index in [4.69, 9.17) is 5.21 Å². The molecule has 1 atom stereocenters. The van der Waals surface area contributed by atoms with Gasteiger partial charge in [-0.15, -0.1) is 0 Å². The van der Waals surface area contributed by atoms with Crippen LogP contribution in [0.15, 0.2) is 47.6 Å². The minimum atomic E-state index is -0.343. The maximum Gasteiger partial charge on any atom is 0.333 e. The largest absolute Gasteiger partial charge is 0.411 e. The first-order chi connectivity index (χ1) is 11.3. The van der Waals surface area contributed by atoms with Gasteiger partial charge in [0.15, 0.2) is 0 Å². The molecule has 0 unspecified atom stereocenters. The molecule has 0 heterocycles. The number of urea groups is 1. The van der Waals surface area contributed by atoms with Crippen molar-refractivity contribution in [1.29, 1.82) is 0 Å². The van der Waals surface area contributed by atoms with Crippen LogP contribution in [0.4, 0.5) is 10.5 Å². The van der Waals surface area contributed by atoms with Crippen molar-refractivity contribution in [2.24, 2.45) is 5.16 Å². The molecular weight excluding hydrogens is 292 g/mol. The number of carbonyl (C=O) groups excluding carboxylic acids is 1. The molecule has 1 aliphatic rings. The number of carbonyl (C=O) groups is 1. The standard InChI is InChI=1S/C17H20N4O2/c22-17(20-19-15-9-3-4-10-16(15)21-23)18-14-11-5-7-12-6-1-2-8-13(12)14/h1-2,5-8,11,15,19,23H,3-4,9-10H2,(H2,18,20,22)/b21-16-/t15-/m0/s1. The summed E-state index contributed by atoms with van der Waals surface area (Å²) in [6, 6.07) is 13.2. The van der Waals surface area contributed by atoms with Gasteiger partial charge in [-0.2, -0.15) is 0 Å². The first kappa shape index (κ1) is 15.3. The molecule has 0 aliphatic heterocycles. The summed E-state index contributed by atoms with van der Waals surface area (Å²) in [5, 5.41) is 17.2. The van der Waals surface area contributed by atoms with Crippen LogP contribution in [-0.2, 0) is 0 Å². The van der Waals surface area contributed by atoms with Crippen LogP contribution in [0.5, 0.6) is 0 Å². The Morgan fingerprint density at radius 3 is 2.83 bits per heavy atom. The Balaban J connectivity index is 1.63. The molecule has 2 amide bonds. The van der Waals surface area contributed by atoms with Gasteiger partial charge in [0.2, 0.25) is 0 Å². The van der Waals surface area contributed by atoms with Crippen molar-refractivity contribution in [2.75, 3.05) is 5.32 Å². The number of rotatable bonds is 3. The number of amides is 2. The van der Waals surface area contributed by atoms with Crippen molar-refractivity contribution in [2.45, 2.75) is 31.7 Å². The molecule has 0 aromatic heterocycles. The van der Waals surface area contributed by atoms with E-state index in [0.717, 1.165) is 42.1 Å². The maximum atomic E-state index is 12.1. The molecule has 0 bridgehead atoms. The highest BCUT2D eigenvalue weighted by Crippen LogP contribution is 2.22. The summed E-state index contributed by atoms with van der Waals surface area (Å²) in [6.07, 6.45) is 3.65. The molecule has 6 heteroatoms. The predicted octanol–water partition coefficient (Wildman–Crippen LogP) is 3.24. The average Bonchev–Trinajstić information content (AvgIpc) is 2.60. The summed E-state index contributed by atoms with van der Waals surface area (Å²) in [4.78, 5) is 12.1. The summed E-state index contributed by atoms with van der Waals surface area (Å²) in [5.74, 6) is 0. The van der Waals surface area contributed by atoms with Crippen molar-refractivity contribution in [3.8, 4) is 0 Å². The quantitative estimate of drug-likeness (QED) is 0.518. The lowest BCUT2D eigenvalue weighted by Crippen LogP contribution is -2.50. The van der Waals surface area contributed by atoms with E-state index in [2.05, 4.69) is 21.3 Å². The molecule has 120 valence electrons. The van der Waals surface area contributed by atoms with Gasteiger partial charge < -0.3 is 10.5 Å². The van der Waals surface area contributed by atoms with Crippen LogP contribution >= 0.6 is 0 Å². The SMILES string of the molecule is O=C(NN[C@H]1CCCC/C1=N/O)Nc1cccc2ccccc12. The van der Waals surface area contributed by atoms with E-state index >= 15 is 0 Å². The summed E-state index contributed by atoms with van der Waals surface area (Å²) < 4.78 is 0. The van der Waals surface area contributed by atoms with Crippen LogP contribution in [0.2, 0.25) is 0 Å². The van der Waals surface area contributed by atoms with E-state index in [0.29, 0.717) is 5.71 Å². The lowest BCUT2D eigenvalue weighted by Gasteiger charge is -2.24. The summed E-state index contributed by atoms with van der Waals surface area (Å²) in [5.41, 5.74) is 7.01. The summed E-state index contributed by atoms with van der Waals surface area (Å²) in [6.45, 7) is 0. The van der Waals surface area contributed by atoms with E-state index in [1.54, 1.807) is 0 Å². The summed E-state index contributed by atoms with van der Waals surface area (Å²) in [7, 11) is 0. The number of benzene rings is 2. The second-order valence-corrected chi connectivity index (χ2v) is 5.64. The van der Waals surface area contributed by atoms with Crippen molar-refractivity contribution in [3.63, 3.8) is 0 Å². The van der Waals surface area contributed by atoms with Gasteiger partial charge in [0.1, 0.15) is 0 Å². The molecule has 0 radical (unpaired) electrons. The number of oxime groups is 1. The van der Waals surface area contributed by atoms with Gasteiger partial charge in [-0.25, -0.2) is 10.2 Å². The van der Waals surface area contributed by atoms with Gasteiger partial charge in [0.05, 0.1) is 17.4 Å². The number of fused-ring (bicyclic) bond motifs is 1. The highest BCUT2D eigenvalue weighted by Gasteiger charge is 2.21. The van der Waals surface area contributed by atoms with Gasteiger partial charge in [0.25, 0.3) is 0 Å². The Labute approximate surface area is 134 Å². The monoisotopic (exact) mass is 312 g/mol. The van der Waals surface area contributed by atoms with Crippen LogP contribution in [-0.4, -0.2) is 23.0 Å². The third-order valence-corrected chi connectivity index (χ3v) is 4.10. The highest BCUT2D eigenvalue weighted by molar-refractivity contribution is 6.01. The Morgan fingerprint density at radius 1 is 1.13 bits per heavy atom. The molecule has 0 saturated heterocycles. The lowest BCUT2D eigenvalue weighted by molar-refractivity contribution is 0.245. The normalized spacial score (nSPS) is 19.7. The van der Waals surface area contributed by atoms with Crippen LogP contribution < -0.4 is 16.2 Å². The number of anilines is 1.